The summed E-state index contributed by atoms with van der Waals surface area (Å²) < 4.78 is 0. The summed E-state index contributed by atoms with van der Waals surface area (Å²) in [5.41, 5.74) is 3.62. The molecule has 0 saturated heterocycles. The molecule has 0 spiro atoms. The molecule has 0 radical (unpaired) electrons. The fourth-order valence-electron chi connectivity index (χ4n) is 1.27. The Hall–Kier alpha value is -1.15. The van der Waals surface area contributed by atoms with E-state index < -0.39 is 0 Å². The summed E-state index contributed by atoms with van der Waals surface area (Å²) in [6, 6.07) is 6.31. The lowest BCUT2D eigenvalue weighted by molar-refractivity contribution is 1.20. The monoisotopic (exact) mass is 189 g/mol. The van der Waals surface area contributed by atoms with Crippen LogP contribution in [0.25, 0.3) is 10.4 Å². The maximum Gasteiger partial charge on any atom is 0.0387 e. The van der Waals surface area contributed by atoms with Gasteiger partial charge in [-0.2, -0.15) is 0 Å². The average molecular weight is 189 g/mol. The van der Waals surface area contributed by atoms with Crippen LogP contribution in [-0.2, 0) is 0 Å². The molecule has 0 saturated carbocycles. The zero-order valence-electron chi connectivity index (χ0n) is 7.74. The molecule has 2 aromatic rings. The van der Waals surface area contributed by atoms with Gasteiger partial charge in [-0.25, -0.2) is 0 Å². The van der Waals surface area contributed by atoms with Gasteiger partial charge in [0.25, 0.3) is 0 Å². The second kappa shape index (κ2) is 3.30. The molecule has 66 valence electrons. The highest BCUT2D eigenvalue weighted by Crippen LogP contribution is 2.28. The minimum Gasteiger partial charge on any atom is -0.261 e. The zero-order chi connectivity index (χ0) is 9.26. The molecule has 2 heteroatoms. The maximum atomic E-state index is 4.28. The van der Waals surface area contributed by atoms with Gasteiger partial charge in [0.15, 0.2) is 0 Å². The van der Waals surface area contributed by atoms with Gasteiger partial charge in [-0.1, -0.05) is 6.07 Å². The third-order valence-electron chi connectivity index (χ3n) is 2.04. The van der Waals surface area contributed by atoms with Crippen LogP contribution in [-0.4, -0.2) is 4.98 Å². The van der Waals surface area contributed by atoms with Crippen LogP contribution in [0.1, 0.15) is 11.3 Å². The van der Waals surface area contributed by atoms with Gasteiger partial charge in [-0.15, -0.1) is 11.3 Å². The van der Waals surface area contributed by atoms with Gasteiger partial charge in [0.1, 0.15) is 0 Å². The molecule has 0 fully saturated rings. The van der Waals surface area contributed by atoms with Crippen molar-refractivity contribution in [2.24, 2.45) is 0 Å². The molecule has 0 bridgehead atoms. The van der Waals surface area contributed by atoms with E-state index in [-0.39, 0.29) is 0 Å². The van der Waals surface area contributed by atoms with E-state index in [2.05, 4.69) is 35.5 Å². The van der Waals surface area contributed by atoms with E-state index in [0.29, 0.717) is 0 Å². The van der Waals surface area contributed by atoms with Gasteiger partial charge in [0, 0.05) is 22.3 Å². The van der Waals surface area contributed by atoms with Crippen LogP contribution in [0.2, 0.25) is 0 Å². The second-order valence-corrected chi connectivity index (χ2v) is 4.04. The summed E-state index contributed by atoms with van der Waals surface area (Å²) >= 11 is 1.77. The van der Waals surface area contributed by atoms with Gasteiger partial charge in [-0.05, 0) is 36.9 Å². The Labute approximate surface area is 82.1 Å². The van der Waals surface area contributed by atoms with Crippen molar-refractivity contribution in [2.75, 3.05) is 0 Å². The lowest BCUT2D eigenvalue weighted by Gasteiger charge is -1.99. The van der Waals surface area contributed by atoms with Crippen molar-refractivity contribution in [1.29, 1.82) is 0 Å². The van der Waals surface area contributed by atoms with Crippen LogP contribution in [0, 0.1) is 13.8 Å². The van der Waals surface area contributed by atoms with Crippen LogP contribution in [0.4, 0.5) is 0 Å². The van der Waals surface area contributed by atoms with Crippen molar-refractivity contribution in [3.8, 4) is 10.4 Å². The standard InChI is InChI=1S/C11H11NS/c1-8-5-6-13-11(8)10-4-3-9(2)12-7-10/h3-7H,1-2H3. The maximum absolute atomic E-state index is 4.28. The number of hydrogen-bond donors (Lipinski definition) is 0. The van der Waals surface area contributed by atoms with Crippen molar-refractivity contribution >= 4 is 11.3 Å². The van der Waals surface area contributed by atoms with Crippen molar-refractivity contribution in [3.05, 3.63) is 41.0 Å². The molecule has 0 aliphatic heterocycles. The Morgan fingerprint density at radius 2 is 2.00 bits per heavy atom. The van der Waals surface area contributed by atoms with Crippen LogP contribution >= 0.6 is 11.3 Å². The minimum absolute atomic E-state index is 1.07. The van der Waals surface area contributed by atoms with E-state index in [1.165, 1.54) is 16.0 Å². The predicted molar refractivity (Wildman–Crippen MR) is 57.0 cm³/mol. The molecule has 0 unspecified atom stereocenters. The molecule has 2 heterocycles. The SMILES string of the molecule is Cc1ccc(-c2sccc2C)cn1. The zero-order valence-corrected chi connectivity index (χ0v) is 8.56. The molecule has 0 aromatic carbocycles. The number of pyridine rings is 1. The number of rotatable bonds is 1. The smallest absolute Gasteiger partial charge is 0.0387 e. The quantitative estimate of drug-likeness (QED) is 0.669. The third kappa shape index (κ3) is 1.63. The lowest BCUT2D eigenvalue weighted by Crippen LogP contribution is -1.81. The summed E-state index contributed by atoms with van der Waals surface area (Å²) in [5.74, 6) is 0. The van der Waals surface area contributed by atoms with E-state index in [1.807, 2.05) is 13.1 Å². The Kier molecular flexibility index (Phi) is 2.15. The highest BCUT2D eigenvalue weighted by atomic mass is 32.1. The van der Waals surface area contributed by atoms with Gasteiger partial charge in [0.05, 0.1) is 0 Å². The minimum atomic E-state index is 1.07. The predicted octanol–water partition coefficient (Wildman–Crippen LogP) is 3.43. The molecule has 0 atom stereocenters. The topological polar surface area (TPSA) is 12.9 Å². The fourth-order valence-corrected chi connectivity index (χ4v) is 2.19. The molecule has 13 heavy (non-hydrogen) atoms. The van der Waals surface area contributed by atoms with E-state index in [4.69, 9.17) is 0 Å². The molecular weight excluding hydrogens is 178 g/mol. The first-order valence-corrected chi connectivity index (χ1v) is 5.12. The van der Waals surface area contributed by atoms with Crippen molar-refractivity contribution in [1.82, 2.24) is 4.98 Å². The van der Waals surface area contributed by atoms with E-state index in [0.717, 1.165) is 5.69 Å². The largest absolute Gasteiger partial charge is 0.261 e. The fraction of sp³-hybridized carbons (Fsp3) is 0.182. The molecule has 2 rings (SSSR count). The summed E-state index contributed by atoms with van der Waals surface area (Å²) in [7, 11) is 0. The first-order valence-electron chi connectivity index (χ1n) is 4.24. The van der Waals surface area contributed by atoms with Crippen molar-refractivity contribution in [2.45, 2.75) is 13.8 Å². The summed E-state index contributed by atoms with van der Waals surface area (Å²) in [6.45, 7) is 4.14. The van der Waals surface area contributed by atoms with E-state index in [1.54, 1.807) is 11.3 Å². The summed E-state index contributed by atoms with van der Waals surface area (Å²) in [6.07, 6.45) is 1.94. The number of nitrogens with zero attached hydrogens (tertiary/aromatic N) is 1. The molecule has 0 amide bonds. The third-order valence-corrected chi connectivity index (χ3v) is 3.10. The Morgan fingerprint density at radius 1 is 1.15 bits per heavy atom. The number of thiophene rings is 1. The molecule has 0 N–H and O–H groups in total. The van der Waals surface area contributed by atoms with Gasteiger partial charge >= 0.3 is 0 Å². The Bertz CT molecular complexity index is 400. The van der Waals surface area contributed by atoms with Crippen molar-refractivity contribution in [3.63, 3.8) is 0 Å². The highest BCUT2D eigenvalue weighted by Gasteiger charge is 2.02. The van der Waals surface area contributed by atoms with E-state index in [9.17, 15) is 0 Å². The first-order chi connectivity index (χ1) is 6.27. The molecule has 1 nitrogen and oxygen atoms in total. The molecular formula is C11H11NS. The van der Waals surface area contributed by atoms with Gasteiger partial charge < -0.3 is 0 Å². The normalized spacial score (nSPS) is 10.3. The molecule has 0 aliphatic rings. The number of aromatic nitrogens is 1. The van der Waals surface area contributed by atoms with Gasteiger partial charge in [0.2, 0.25) is 0 Å². The van der Waals surface area contributed by atoms with Crippen LogP contribution in [0.3, 0.4) is 0 Å². The van der Waals surface area contributed by atoms with Gasteiger partial charge in [-0.3, -0.25) is 4.98 Å². The van der Waals surface area contributed by atoms with E-state index >= 15 is 0 Å². The lowest BCUT2D eigenvalue weighted by atomic mass is 10.1. The Morgan fingerprint density at radius 3 is 2.54 bits per heavy atom. The number of aryl methyl sites for hydroxylation is 2. The average Bonchev–Trinajstić information content (AvgIpc) is 2.53. The Balaban J connectivity index is 2.47. The van der Waals surface area contributed by atoms with Crippen LogP contribution < -0.4 is 0 Å². The molecule has 0 aliphatic carbocycles. The summed E-state index contributed by atoms with van der Waals surface area (Å²) in [5, 5.41) is 2.12. The summed E-state index contributed by atoms with van der Waals surface area (Å²) in [4.78, 5) is 5.61. The first kappa shape index (κ1) is 8.45. The highest BCUT2D eigenvalue weighted by molar-refractivity contribution is 7.13. The van der Waals surface area contributed by atoms with Crippen LogP contribution in [0.5, 0.6) is 0 Å². The molecule has 2 aromatic heterocycles. The van der Waals surface area contributed by atoms with Crippen LogP contribution in [0.15, 0.2) is 29.8 Å². The van der Waals surface area contributed by atoms with Crippen molar-refractivity contribution < 1.29 is 0 Å². The second-order valence-electron chi connectivity index (χ2n) is 3.12. The number of hydrogen-bond acceptors (Lipinski definition) is 2.